The molecule has 2 atom stereocenters. The molecule has 1 heterocycles. The molecular weight excluding hydrogens is 252 g/mol. The summed E-state index contributed by atoms with van der Waals surface area (Å²) in [6.07, 6.45) is 2.67. The molecule has 4 nitrogen and oxygen atoms in total. The summed E-state index contributed by atoms with van der Waals surface area (Å²) in [5, 5.41) is 0. The van der Waals surface area contributed by atoms with Crippen LogP contribution in [0.2, 0.25) is 0 Å². The highest BCUT2D eigenvalue weighted by molar-refractivity contribution is 5.25. The van der Waals surface area contributed by atoms with Crippen molar-refractivity contribution in [2.24, 2.45) is 5.73 Å². The number of hydrogen-bond acceptors (Lipinski definition) is 4. The van der Waals surface area contributed by atoms with E-state index in [1.165, 1.54) is 17.5 Å². The first-order chi connectivity index (χ1) is 9.78. The Balaban J connectivity index is 2.06. The Morgan fingerprint density at radius 3 is 2.65 bits per heavy atom. The standard InChI is InChI=1S/C16H26N2O2/c1-19-12-13-5-7-14(8-6-13)16(10-17)18-9-3-4-15(11-18)20-2/h5-8,15-16H,3-4,9-12,17H2,1-2H3. The van der Waals surface area contributed by atoms with Crippen molar-refractivity contribution in [1.29, 1.82) is 0 Å². The molecule has 0 aliphatic carbocycles. The van der Waals surface area contributed by atoms with Crippen LogP contribution in [0.25, 0.3) is 0 Å². The van der Waals surface area contributed by atoms with Crippen molar-refractivity contribution in [2.75, 3.05) is 33.9 Å². The molecule has 2 N–H and O–H groups in total. The first-order valence-electron chi connectivity index (χ1n) is 7.33. The van der Waals surface area contributed by atoms with Crippen LogP contribution in [0.3, 0.4) is 0 Å². The fraction of sp³-hybridized carbons (Fsp3) is 0.625. The Kier molecular flexibility index (Phi) is 5.98. The molecule has 2 rings (SSSR count). The van der Waals surface area contributed by atoms with Gasteiger partial charge >= 0.3 is 0 Å². The molecule has 20 heavy (non-hydrogen) atoms. The van der Waals surface area contributed by atoms with Crippen molar-refractivity contribution in [3.63, 3.8) is 0 Å². The topological polar surface area (TPSA) is 47.7 Å². The average Bonchev–Trinajstić information content (AvgIpc) is 2.50. The lowest BCUT2D eigenvalue weighted by Crippen LogP contribution is -2.43. The molecule has 2 unspecified atom stereocenters. The first kappa shape index (κ1) is 15.4. The average molecular weight is 278 g/mol. The number of nitrogens with two attached hydrogens (primary N) is 1. The van der Waals surface area contributed by atoms with E-state index in [1.54, 1.807) is 14.2 Å². The number of piperidine rings is 1. The van der Waals surface area contributed by atoms with Gasteiger partial charge < -0.3 is 15.2 Å². The van der Waals surface area contributed by atoms with Gasteiger partial charge in [0.05, 0.1) is 12.7 Å². The lowest BCUT2D eigenvalue weighted by molar-refractivity contribution is 0.0155. The fourth-order valence-corrected chi connectivity index (χ4v) is 2.94. The number of methoxy groups -OCH3 is 2. The van der Waals surface area contributed by atoms with Gasteiger partial charge in [0, 0.05) is 33.4 Å². The monoisotopic (exact) mass is 278 g/mol. The number of benzene rings is 1. The van der Waals surface area contributed by atoms with Crippen molar-refractivity contribution in [1.82, 2.24) is 4.90 Å². The Bertz CT molecular complexity index is 394. The summed E-state index contributed by atoms with van der Waals surface area (Å²) in [7, 11) is 3.51. The van der Waals surface area contributed by atoms with Gasteiger partial charge in [-0.3, -0.25) is 4.90 Å². The molecule has 0 bridgehead atoms. The van der Waals surface area contributed by atoms with E-state index < -0.39 is 0 Å². The molecule has 1 aromatic rings. The highest BCUT2D eigenvalue weighted by atomic mass is 16.5. The maximum absolute atomic E-state index is 6.01. The molecule has 1 fully saturated rings. The summed E-state index contributed by atoms with van der Waals surface area (Å²) in [4.78, 5) is 2.45. The summed E-state index contributed by atoms with van der Waals surface area (Å²) in [6.45, 7) is 3.36. The van der Waals surface area contributed by atoms with Crippen molar-refractivity contribution in [2.45, 2.75) is 31.6 Å². The molecule has 4 heteroatoms. The van der Waals surface area contributed by atoms with Crippen LogP contribution in [0.15, 0.2) is 24.3 Å². The van der Waals surface area contributed by atoms with Crippen LogP contribution < -0.4 is 5.73 Å². The van der Waals surface area contributed by atoms with Gasteiger partial charge in [0.15, 0.2) is 0 Å². The highest BCUT2D eigenvalue weighted by Gasteiger charge is 2.25. The van der Waals surface area contributed by atoms with Crippen LogP contribution in [-0.2, 0) is 16.1 Å². The summed E-state index contributed by atoms with van der Waals surface area (Å²) in [6, 6.07) is 8.87. The zero-order valence-corrected chi connectivity index (χ0v) is 12.5. The molecule has 0 aromatic heterocycles. The molecule has 1 aromatic carbocycles. The molecule has 0 spiro atoms. The third kappa shape index (κ3) is 3.79. The first-order valence-corrected chi connectivity index (χ1v) is 7.33. The van der Waals surface area contributed by atoms with Gasteiger partial charge in [0.25, 0.3) is 0 Å². The third-order valence-electron chi connectivity index (χ3n) is 4.08. The minimum absolute atomic E-state index is 0.282. The molecule has 0 amide bonds. The zero-order valence-electron chi connectivity index (χ0n) is 12.5. The maximum Gasteiger partial charge on any atom is 0.0713 e. The number of ether oxygens (including phenoxy) is 2. The minimum atomic E-state index is 0.282. The van der Waals surface area contributed by atoms with E-state index in [1.807, 2.05) is 0 Å². The highest BCUT2D eigenvalue weighted by Crippen LogP contribution is 2.25. The quantitative estimate of drug-likeness (QED) is 0.864. The number of rotatable bonds is 6. The largest absolute Gasteiger partial charge is 0.380 e. The number of likely N-dealkylation sites (tertiary alicyclic amines) is 1. The Morgan fingerprint density at radius 1 is 1.30 bits per heavy atom. The van der Waals surface area contributed by atoms with E-state index in [-0.39, 0.29) is 6.04 Å². The zero-order chi connectivity index (χ0) is 14.4. The predicted octanol–water partition coefficient (Wildman–Crippen LogP) is 1.94. The molecule has 0 saturated carbocycles. The Hall–Kier alpha value is -0.940. The normalized spacial score (nSPS) is 21.9. The number of nitrogens with zero attached hydrogens (tertiary/aromatic N) is 1. The van der Waals surface area contributed by atoms with Crippen LogP contribution in [-0.4, -0.2) is 44.9 Å². The van der Waals surface area contributed by atoms with Gasteiger partial charge in [-0.2, -0.15) is 0 Å². The van der Waals surface area contributed by atoms with E-state index in [4.69, 9.17) is 15.2 Å². The SMILES string of the molecule is COCc1ccc(C(CN)N2CCCC(OC)C2)cc1. The molecule has 1 saturated heterocycles. The molecule has 112 valence electrons. The maximum atomic E-state index is 6.01. The van der Waals surface area contributed by atoms with Crippen molar-refractivity contribution < 1.29 is 9.47 Å². The van der Waals surface area contributed by atoms with Crippen LogP contribution in [0.5, 0.6) is 0 Å². The van der Waals surface area contributed by atoms with E-state index in [0.29, 0.717) is 19.3 Å². The molecule has 1 aliphatic heterocycles. The van der Waals surface area contributed by atoms with Crippen LogP contribution in [0.4, 0.5) is 0 Å². The van der Waals surface area contributed by atoms with E-state index in [2.05, 4.69) is 29.2 Å². The van der Waals surface area contributed by atoms with Crippen LogP contribution in [0, 0.1) is 0 Å². The van der Waals surface area contributed by atoms with Gasteiger partial charge in [-0.05, 0) is 30.5 Å². The van der Waals surface area contributed by atoms with E-state index >= 15 is 0 Å². The molecular formula is C16H26N2O2. The lowest BCUT2D eigenvalue weighted by atomic mass is 9.99. The third-order valence-corrected chi connectivity index (χ3v) is 4.08. The van der Waals surface area contributed by atoms with Crippen LogP contribution >= 0.6 is 0 Å². The molecule has 1 aliphatic rings. The van der Waals surface area contributed by atoms with Gasteiger partial charge in [0.1, 0.15) is 0 Å². The fourth-order valence-electron chi connectivity index (χ4n) is 2.94. The second kappa shape index (κ2) is 7.74. The Labute approximate surface area is 121 Å². The summed E-state index contributed by atoms with van der Waals surface area (Å²) in [5.41, 5.74) is 8.49. The van der Waals surface area contributed by atoms with Crippen molar-refractivity contribution in [3.8, 4) is 0 Å². The molecule has 0 radical (unpaired) electrons. The lowest BCUT2D eigenvalue weighted by Gasteiger charge is -2.37. The second-order valence-electron chi connectivity index (χ2n) is 5.42. The van der Waals surface area contributed by atoms with Crippen LogP contribution in [0.1, 0.15) is 30.0 Å². The summed E-state index contributed by atoms with van der Waals surface area (Å²) in [5.74, 6) is 0. The van der Waals surface area contributed by atoms with Gasteiger partial charge in [-0.1, -0.05) is 24.3 Å². The second-order valence-corrected chi connectivity index (χ2v) is 5.42. The van der Waals surface area contributed by atoms with Crippen molar-refractivity contribution in [3.05, 3.63) is 35.4 Å². The summed E-state index contributed by atoms with van der Waals surface area (Å²) < 4.78 is 10.7. The van der Waals surface area contributed by atoms with Gasteiger partial charge in [0.2, 0.25) is 0 Å². The van der Waals surface area contributed by atoms with Gasteiger partial charge in [-0.15, -0.1) is 0 Å². The minimum Gasteiger partial charge on any atom is -0.380 e. The van der Waals surface area contributed by atoms with Gasteiger partial charge in [-0.25, -0.2) is 0 Å². The number of hydrogen-bond donors (Lipinski definition) is 1. The smallest absolute Gasteiger partial charge is 0.0713 e. The predicted molar refractivity (Wildman–Crippen MR) is 80.6 cm³/mol. The summed E-state index contributed by atoms with van der Waals surface area (Å²) >= 11 is 0. The van der Waals surface area contributed by atoms with Crippen molar-refractivity contribution >= 4 is 0 Å². The van der Waals surface area contributed by atoms with E-state index in [9.17, 15) is 0 Å². The Morgan fingerprint density at radius 2 is 2.05 bits per heavy atom. The van der Waals surface area contributed by atoms with E-state index in [0.717, 1.165) is 19.5 Å².